The zero-order chi connectivity index (χ0) is 17.3. The van der Waals surface area contributed by atoms with Crippen LogP contribution in [0.25, 0.3) is 0 Å². The SMILES string of the molecule is O=C(c1ccoc1)N1CCO[C@]2(CCN(C(=O)c3ccnnc3)C2)C1. The second-order valence-electron chi connectivity index (χ2n) is 6.38. The Balaban J connectivity index is 1.46. The number of carbonyl (C=O) groups excluding carboxylic acids is 2. The average molecular weight is 342 g/mol. The van der Waals surface area contributed by atoms with Gasteiger partial charge in [-0.2, -0.15) is 10.2 Å². The summed E-state index contributed by atoms with van der Waals surface area (Å²) in [7, 11) is 0. The minimum absolute atomic E-state index is 0.0699. The van der Waals surface area contributed by atoms with Crippen LogP contribution in [-0.2, 0) is 4.74 Å². The van der Waals surface area contributed by atoms with Crippen molar-refractivity contribution in [2.24, 2.45) is 0 Å². The first kappa shape index (κ1) is 15.8. The van der Waals surface area contributed by atoms with Crippen molar-refractivity contribution in [2.75, 3.05) is 32.8 Å². The number of rotatable bonds is 2. The lowest BCUT2D eigenvalue weighted by Crippen LogP contribution is -2.55. The molecule has 0 aliphatic carbocycles. The number of hydrogen-bond acceptors (Lipinski definition) is 6. The van der Waals surface area contributed by atoms with Crippen molar-refractivity contribution >= 4 is 11.8 Å². The molecular formula is C17H18N4O4. The van der Waals surface area contributed by atoms with Crippen LogP contribution in [0.5, 0.6) is 0 Å². The quantitative estimate of drug-likeness (QED) is 0.803. The molecule has 0 radical (unpaired) electrons. The minimum atomic E-state index is -0.506. The summed E-state index contributed by atoms with van der Waals surface area (Å²) in [6, 6.07) is 3.31. The molecule has 2 fully saturated rings. The normalized spacial score (nSPS) is 23.2. The molecule has 0 bridgehead atoms. The van der Waals surface area contributed by atoms with Crippen LogP contribution in [0.2, 0.25) is 0 Å². The summed E-state index contributed by atoms with van der Waals surface area (Å²) < 4.78 is 11.0. The van der Waals surface area contributed by atoms with Crippen LogP contribution in [0.15, 0.2) is 41.5 Å². The molecule has 0 N–H and O–H groups in total. The fourth-order valence-electron chi connectivity index (χ4n) is 3.45. The first-order chi connectivity index (χ1) is 12.2. The highest BCUT2D eigenvalue weighted by molar-refractivity contribution is 5.94. The molecule has 1 atom stereocenters. The lowest BCUT2D eigenvalue weighted by atomic mass is 10.00. The first-order valence-electron chi connectivity index (χ1n) is 8.18. The van der Waals surface area contributed by atoms with Gasteiger partial charge in [0.1, 0.15) is 11.9 Å². The van der Waals surface area contributed by atoms with E-state index in [2.05, 4.69) is 10.2 Å². The standard InChI is InChI=1S/C17H18N4O4/c22-15(13-1-4-18-19-9-13)20-5-3-17(11-20)12-21(6-8-25-17)16(23)14-2-7-24-10-14/h1-2,4,7,9-10H,3,5-6,8,11-12H2/t17-/m0/s1. The molecule has 8 heteroatoms. The average Bonchev–Trinajstić information content (AvgIpc) is 3.32. The zero-order valence-corrected chi connectivity index (χ0v) is 13.6. The zero-order valence-electron chi connectivity index (χ0n) is 13.6. The second kappa shape index (κ2) is 6.29. The monoisotopic (exact) mass is 342 g/mol. The fraction of sp³-hybridized carbons (Fsp3) is 0.412. The summed E-state index contributed by atoms with van der Waals surface area (Å²) in [6.07, 6.45) is 6.60. The van der Waals surface area contributed by atoms with Crippen molar-refractivity contribution in [1.29, 1.82) is 0 Å². The van der Waals surface area contributed by atoms with E-state index < -0.39 is 5.60 Å². The molecule has 2 aliphatic heterocycles. The predicted octanol–water partition coefficient (Wildman–Crippen LogP) is 0.827. The van der Waals surface area contributed by atoms with Gasteiger partial charge in [-0.1, -0.05) is 0 Å². The van der Waals surface area contributed by atoms with E-state index in [4.69, 9.17) is 9.15 Å². The molecule has 25 heavy (non-hydrogen) atoms. The third-order valence-electron chi connectivity index (χ3n) is 4.74. The predicted molar refractivity (Wildman–Crippen MR) is 85.8 cm³/mol. The van der Waals surface area contributed by atoms with Gasteiger partial charge >= 0.3 is 0 Å². The molecule has 0 unspecified atom stereocenters. The highest BCUT2D eigenvalue weighted by atomic mass is 16.5. The summed E-state index contributed by atoms with van der Waals surface area (Å²) in [5, 5.41) is 7.45. The Morgan fingerprint density at radius 3 is 2.56 bits per heavy atom. The van der Waals surface area contributed by atoms with Gasteiger partial charge in [0.15, 0.2) is 0 Å². The molecule has 2 aromatic rings. The maximum atomic E-state index is 12.6. The molecule has 2 saturated heterocycles. The topological polar surface area (TPSA) is 88.8 Å². The fourth-order valence-corrected chi connectivity index (χ4v) is 3.45. The van der Waals surface area contributed by atoms with E-state index in [0.29, 0.717) is 50.3 Å². The van der Waals surface area contributed by atoms with Crippen LogP contribution >= 0.6 is 0 Å². The van der Waals surface area contributed by atoms with Crippen molar-refractivity contribution in [3.8, 4) is 0 Å². The third-order valence-corrected chi connectivity index (χ3v) is 4.74. The van der Waals surface area contributed by atoms with Gasteiger partial charge in [-0.15, -0.1) is 0 Å². The number of carbonyl (C=O) groups is 2. The number of nitrogens with zero attached hydrogens (tertiary/aromatic N) is 4. The van der Waals surface area contributed by atoms with Gasteiger partial charge in [0, 0.05) is 13.1 Å². The summed E-state index contributed by atoms with van der Waals surface area (Å²) >= 11 is 0. The molecule has 130 valence electrons. The molecule has 2 amide bonds. The van der Waals surface area contributed by atoms with Gasteiger partial charge < -0.3 is 19.0 Å². The number of morpholine rings is 1. The molecule has 8 nitrogen and oxygen atoms in total. The number of furan rings is 1. The maximum absolute atomic E-state index is 12.6. The summed E-state index contributed by atoms with van der Waals surface area (Å²) in [4.78, 5) is 28.7. The lowest BCUT2D eigenvalue weighted by Gasteiger charge is -2.40. The van der Waals surface area contributed by atoms with E-state index in [1.807, 2.05) is 0 Å². The largest absolute Gasteiger partial charge is 0.472 e. The smallest absolute Gasteiger partial charge is 0.257 e. The number of amides is 2. The number of aromatic nitrogens is 2. The van der Waals surface area contributed by atoms with Crippen LogP contribution in [0.3, 0.4) is 0 Å². The van der Waals surface area contributed by atoms with Gasteiger partial charge in [0.2, 0.25) is 0 Å². The van der Waals surface area contributed by atoms with Crippen molar-refractivity contribution in [2.45, 2.75) is 12.0 Å². The lowest BCUT2D eigenvalue weighted by molar-refractivity contribution is -0.0904. The molecule has 2 aromatic heterocycles. The van der Waals surface area contributed by atoms with Crippen molar-refractivity contribution in [1.82, 2.24) is 20.0 Å². The molecule has 0 aromatic carbocycles. The van der Waals surface area contributed by atoms with E-state index in [-0.39, 0.29) is 11.8 Å². The van der Waals surface area contributed by atoms with Crippen molar-refractivity contribution in [3.05, 3.63) is 48.2 Å². The molecule has 2 aliphatic rings. The van der Waals surface area contributed by atoms with Crippen molar-refractivity contribution in [3.63, 3.8) is 0 Å². The van der Waals surface area contributed by atoms with Gasteiger partial charge in [0.05, 0.1) is 49.5 Å². The first-order valence-corrected chi connectivity index (χ1v) is 8.18. The van der Waals surface area contributed by atoms with E-state index in [1.165, 1.54) is 24.9 Å². The van der Waals surface area contributed by atoms with Crippen LogP contribution in [0, 0.1) is 0 Å². The van der Waals surface area contributed by atoms with Gasteiger partial charge in [0.25, 0.3) is 11.8 Å². The Morgan fingerprint density at radius 1 is 1.04 bits per heavy atom. The molecule has 1 spiro atoms. The molecule has 4 heterocycles. The van der Waals surface area contributed by atoms with E-state index in [0.717, 1.165) is 0 Å². The van der Waals surface area contributed by atoms with Gasteiger partial charge in [-0.05, 0) is 18.6 Å². The number of hydrogen-bond donors (Lipinski definition) is 0. The van der Waals surface area contributed by atoms with E-state index in [9.17, 15) is 9.59 Å². The van der Waals surface area contributed by atoms with E-state index >= 15 is 0 Å². The second-order valence-corrected chi connectivity index (χ2v) is 6.38. The highest BCUT2D eigenvalue weighted by Gasteiger charge is 2.45. The Bertz CT molecular complexity index is 764. The minimum Gasteiger partial charge on any atom is -0.472 e. The summed E-state index contributed by atoms with van der Waals surface area (Å²) in [5.74, 6) is -0.159. The molecular weight excluding hydrogens is 324 g/mol. The Kier molecular flexibility index (Phi) is 3.96. The number of likely N-dealkylation sites (tertiary alicyclic amines) is 1. The summed E-state index contributed by atoms with van der Waals surface area (Å²) in [6.45, 7) is 2.52. The molecule has 0 saturated carbocycles. The maximum Gasteiger partial charge on any atom is 0.257 e. The highest BCUT2D eigenvalue weighted by Crippen LogP contribution is 2.30. The van der Waals surface area contributed by atoms with Gasteiger partial charge in [-0.25, -0.2) is 0 Å². The van der Waals surface area contributed by atoms with Crippen molar-refractivity contribution < 1.29 is 18.7 Å². The van der Waals surface area contributed by atoms with E-state index in [1.54, 1.807) is 21.9 Å². The van der Waals surface area contributed by atoms with Gasteiger partial charge in [-0.3, -0.25) is 9.59 Å². The molecule has 4 rings (SSSR count). The van der Waals surface area contributed by atoms with Crippen LogP contribution in [0.1, 0.15) is 27.1 Å². The van der Waals surface area contributed by atoms with Crippen LogP contribution in [0.4, 0.5) is 0 Å². The Hall–Kier alpha value is -2.74. The Labute approximate surface area is 144 Å². The van der Waals surface area contributed by atoms with Crippen LogP contribution < -0.4 is 0 Å². The number of ether oxygens (including phenoxy) is 1. The Morgan fingerprint density at radius 2 is 1.84 bits per heavy atom. The third kappa shape index (κ3) is 3.00. The van der Waals surface area contributed by atoms with Crippen LogP contribution in [-0.4, -0.2) is 70.2 Å². The summed E-state index contributed by atoms with van der Waals surface area (Å²) in [5.41, 5.74) is 0.536.